The molecule has 2 N–H and O–H groups in total. The normalized spacial score (nSPS) is 14.6. The number of hydrogen-bond donors (Lipinski definition) is 2. The molecule has 1 unspecified atom stereocenters. The van der Waals surface area contributed by atoms with Crippen molar-refractivity contribution in [2.45, 2.75) is 13.0 Å². The van der Waals surface area contributed by atoms with E-state index in [0.717, 1.165) is 5.69 Å². The molecule has 2 aromatic carbocycles. The Bertz CT molecular complexity index is 992. The number of benzene rings is 2. The topological polar surface area (TPSA) is 81.8 Å². The lowest BCUT2D eigenvalue weighted by atomic mass is 10.2. The molecule has 0 aliphatic carbocycles. The van der Waals surface area contributed by atoms with Gasteiger partial charge in [0.05, 0.1) is 22.2 Å². The van der Waals surface area contributed by atoms with Crippen LogP contribution in [0.3, 0.4) is 0 Å². The summed E-state index contributed by atoms with van der Waals surface area (Å²) in [5.41, 5.74) is 1.23. The summed E-state index contributed by atoms with van der Waals surface area (Å²) in [7, 11) is 0. The number of carbonyl (C=O) groups is 3. The maximum atomic E-state index is 12.5. The van der Waals surface area contributed by atoms with Gasteiger partial charge in [0.1, 0.15) is 6.04 Å². The molecule has 32 heavy (non-hydrogen) atoms. The van der Waals surface area contributed by atoms with Crippen LogP contribution in [0.15, 0.2) is 42.5 Å². The average Bonchev–Trinajstić information content (AvgIpc) is 2.79. The summed E-state index contributed by atoms with van der Waals surface area (Å²) in [4.78, 5) is 41.1. The van der Waals surface area contributed by atoms with E-state index in [1.54, 1.807) is 17.0 Å². The lowest BCUT2D eigenvalue weighted by molar-refractivity contribution is -0.133. The summed E-state index contributed by atoms with van der Waals surface area (Å²) in [5.74, 6) is -1.17. The third-order valence-corrected chi connectivity index (χ3v) is 6.25. The van der Waals surface area contributed by atoms with Crippen molar-refractivity contribution in [3.8, 4) is 0 Å². The molecule has 7 nitrogen and oxygen atoms in total. The SMILES string of the molecule is CC(NC(=O)c1cccc(Cl)c1Cl)C(=O)NCC(=O)N1CCN(c2ccc(Cl)cc2)CC1. The van der Waals surface area contributed by atoms with E-state index in [1.807, 2.05) is 24.3 Å². The second-order valence-electron chi connectivity index (χ2n) is 7.36. The fourth-order valence-electron chi connectivity index (χ4n) is 3.31. The molecule has 1 heterocycles. The Morgan fingerprint density at radius 1 is 0.969 bits per heavy atom. The monoisotopic (exact) mass is 496 g/mol. The molecule has 1 atom stereocenters. The van der Waals surface area contributed by atoms with Gasteiger partial charge in [0.2, 0.25) is 11.8 Å². The zero-order valence-corrected chi connectivity index (χ0v) is 19.7. The maximum Gasteiger partial charge on any atom is 0.253 e. The second-order valence-corrected chi connectivity index (χ2v) is 8.58. The molecule has 3 rings (SSSR count). The van der Waals surface area contributed by atoms with E-state index < -0.39 is 17.9 Å². The van der Waals surface area contributed by atoms with Crippen molar-refractivity contribution in [3.05, 3.63) is 63.1 Å². The third-order valence-electron chi connectivity index (χ3n) is 5.18. The molecule has 3 amide bonds. The fourth-order valence-corrected chi connectivity index (χ4v) is 3.83. The summed E-state index contributed by atoms with van der Waals surface area (Å²) >= 11 is 17.9. The van der Waals surface area contributed by atoms with Gasteiger partial charge >= 0.3 is 0 Å². The molecule has 2 aromatic rings. The highest BCUT2D eigenvalue weighted by Gasteiger charge is 2.23. The summed E-state index contributed by atoms with van der Waals surface area (Å²) in [6.45, 7) is 3.87. The fraction of sp³-hybridized carbons (Fsp3) is 0.318. The standard InChI is InChI=1S/C22H23Cl3N4O3/c1-14(27-22(32)17-3-2-4-18(24)20(17)25)21(31)26-13-19(30)29-11-9-28(10-12-29)16-7-5-15(23)6-8-16/h2-8,14H,9-13H2,1H3,(H,26,31)(H,27,32). The van der Waals surface area contributed by atoms with Crippen LogP contribution in [-0.4, -0.2) is 61.4 Å². The quantitative estimate of drug-likeness (QED) is 0.642. The Hall–Kier alpha value is -2.48. The van der Waals surface area contributed by atoms with Gasteiger partial charge in [-0.1, -0.05) is 40.9 Å². The summed E-state index contributed by atoms with van der Waals surface area (Å²) in [5, 5.41) is 6.19. The van der Waals surface area contributed by atoms with Crippen LogP contribution in [-0.2, 0) is 9.59 Å². The Morgan fingerprint density at radius 3 is 2.28 bits per heavy atom. The van der Waals surface area contributed by atoms with E-state index in [4.69, 9.17) is 34.8 Å². The van der Waals surface area contributed by atoms with Gasteiger partial charge in [-0.2, -0.15) is 0 Å². The zero-order valence-electron chi connectivity index (χ0n) is 17.4. The highest BCUT2D eigenvalue weighted by molar-refractivity contribution is 6.43. The molecular weight excluding hydrogens is 475 g/mol. The van der Waals surface area contributed by atoms with E-state index in [-0.39, 0.29) is 28.1 Å². The molecule has 1 aliphatic heterocycles. The molecule has 0 radical (unpaired) electrons. The number of rotatable bonds is 6. The first-order chi connectivity index (χ1) is 15.3. The van der Waals surface area contributed by atoms with Crippen LogP contribution in [0.2, 0.25) is 15.1 Å². The number of nitrogens with zero attached hydrogens (tertiary/aromatic N) is 2. The summed E-state index contributed by atoms with van der Waals surface area (Å²) in [6.07, 6.45) is 0. The number of anilines is 1. The Labute approximate surface area is 201 Å². The van der Waals surface area contributed by atoms with Gasteiger partial charge in [0.25, 0.3) is 5.91 Å². The number of nitrogens with one attached hydrogen (secondary N) is 2. The lowest BCUT2D eigenvalue weighted by Gasteiger charge is -2.36. The minimum Gasteiger partial charge on any atom is -0.368 e. The predicted molar refractivity (Wildman–Crippen MR) is 127 cm³/mol. The Morgan fingerprint density at radius 2 is 1.62 bits per heavy atom. The second kappa shape index (κ2) is 10.9. The van der Waals surface area contributed by atoms with E-state index in [9.17, 15) is 14.4 Å². The van der Waals surface area contributed by atoms with Gasteiger partial charge in [-0.25, -0.2) is 0 Å². The molecule has 0 saturated carbocycles. The number of piperazine rings is 1. The van der Waals surface area contributed by atoms with Crippen LogP contribution in [0, 0.1) is 0 Å². The van der Waals surface area contributed by atoms with Gasteiger partial charge in [0.15, 0.2) is 0 Å². The first-order valence-corrected chi connectivity index (χ1v) is 11.2. The Kier molecular flexibility index (Phi) is 8.23. The van der Waals surface area contributed by atoms with Crippen molar-refractivity contribution < 1.29 is 14.4 Å². The van der Waals surface area contributed by atoms with Gasteiger partial charge < -0.3 is 20.4 Å². The van der Waals surface area contributed by atoms with Gasteiger partial charge in [-0.05, 0) is 43.3 Å². The maximum absolute atomic E-state index is 12.5. The molecule has 0 spiro atoms. The third kappa shape index (κ3) is 6.06. The molecule has 1 aliphatic rings. The van der Waals surface area contributed by atoms with Gasteiger partial charge in [0, 0.05) is 36.9 Å². The Balaban J connectivity index is 1.44. The first-order valence-electron chi connectivity index (χ1n) is 10.1. The first kappa shape index (κ1) is 24.2. The van der Waals surface area contributed by atoms with E-state index in [2.05, 4.69) is 15.5 Å². The molecule has 0 aromatic heterocycles. The van der Waals surface area contributed by atoms with Crippen LogP contribution >= 0.6 is 34.8 Å². The molecule has 170 valence electrons. The van der Waals surface area contributed by atoms with Crippen molar-refractivity contribution in [1.29, 1.82) is 0 Å². The van der Waals surface area contributed by atoms with Crippen LogP contribution in [0.5, 0.6) is 0 Å². The molecule has 1 saturated heterocycles. The summed E-state index contributed by atoms with van der Waals surface area (Å²) in [6, 6.07) is 11.4. The van der Waals surface area contributed by atoms with Crippen molar-refractivity contribution >= 4 is 58.2 Å². The average molecular weight is 498 g/mol. The van der Waals surface area contributed by atoms with Gasteiger partial charge in [-0.3, -0.25) is 14.4 Å². The van der Waals surface area contributed by atoms with Crippen molar-refractivity contribution in [3.63, 3.8) is 0 Å². The molecule has 10 heteroatoms. The smallest absolute Gasteiger partial charge is 0.253 e. The van der Waals surface area contributed by atoms with E-state index in [1.165, 1.54) is 13.0 Å². The van der Waals surface area contributed by atoms with Crippen LogP contribution < -0.4 is 15.5 Å². The van der Waals surface area contributed by atoms with Crippen LogP contribution in [0.4, 0.5) is 5.69 Å². The number of carbonyl (C=O) groups excluding carboxylic acids is 3. The molecule has 0 bridgehead atoms. The van der Waals surface area contributed by atoms with Crippen molar-refractivity contribution in [1.82, 2.24) is 15.5 Å². The summed E-state index contributed by atoms with van der Waals surface area (Å²) < 4.78 is 0. The lowest BCUT2D eigenvalue weighted by Crippen LogP contribution is -2.52. The predicted octanol–water partition coefficient (Wildman–Crippen LogP) is 3.23. The minimum absolute atomic E-state index is 0.118. The van der Waals surface area contributed by atoms with E-state index >= 15 is 0 Å². The van der Waals surface area contributed by atoms with Crippen molar-refractivity contribution in [2.75, 3.05) is 37.6 Å². The highest BCUT2D eigenvalue weighted by atomic mass is 35.5. The zero-order chi connectivity index (χ0) is 23.3. The van der Waals surface area contributed by atoms with E-state index in [0.29, 0.717) is 31.2 Å². The van der Waals surface area contributed by atoms with Crippen LogP contribution in [0.1, 0.15) is 17.3 Å². The molecule has 1 fully saturated rings. The number of amides is 3. The minimum atomic E-state index is -0.855. The largest absolute Gasteiger partial charge is 0.368 e. The number of hydrogen-bond acceptors (Lipinski definition) is 4. The van der Waals surface area contributed by atoms with Gasteiger partial charge in [-0.15, -0.1) is 0 Å². The van der Waals surface area contributed by atoms with Crippen molar-refractivity contribution in [2.24, 2.45) is 0 Å². The molecular formula is C22H23Cl3N4O3. The van der Waals surface area contributed by atoms with Crippen LogP contribution in [0.25, 0.3) is 0 Å². The number of halogens is 3. The highest BCUT2D eigenvalue weighted by Crippen LogP contribution is 2.25.